The summed E-state index contributed by atoms with van der Waals surface area (Å²) in [6, 6.07) is 10.1. The minimum atomic E-state index is -0.335. The second kappa shape index (κ2) is 6.98. The van der Waals surface area contributed by atoms with Crippen molar-refractivity contribution in [3.05, 3.63) is 36.5 Å². The molecule has 0 spiro atoms. The zero-order chi connectivity index (χ0) is 15.4. The van der Waals surface area contributed by atoms with Crippen molar-refractivity contribution in [2.75, 3.05) is 12.4 Å². The van der Waals surface area contributed by atoms with E-state index in [1.54, 1.807) is 0 Å². The summed E-state index contributed by atoms with van der Waals surface area (Å²) in [7, 11) is 0. The summed E-state index contributed by atoms with van der Waals surface area (Å²) in [6.07, 6.45) is 4.23. The zero-order valence-corrected chi connectivity index (χ0v) is 13.1. The molecule has 0 bridgehead atoms. The number of nitrogens with zero attached hydrogens (tertiary/aromatic N) is 2. The van der Waals surface area contributed by atoms with Crippen LogP contribution in [0, 0.1) is 0 Å². The van der Waals surface area contributed by atoms with E-state index in [9.17, 15) is 4.79 Å². The van der Waals surface area contributed by atoms with E-state index in [4.69, 9.17) is 10.5 Å². The van der Waals surface area contributed by atoms with Crippen molar-refractivity contribution < 1.29 is 9.53 Å². The van der Waals surface area contributed by atoms with Crippen molar-refractivity contribution in [1.29, 1.82) is 0 Å². The monoisotopic (exact) mass is 317 g/mol. The fourth-order valence-corrected chi connectivity index (χ4v) is 3.34. The molecular formula is C16H19N3O2S. The standard InChI is InChI=1S/C16H19N3O2S/c17-15(20)11-22-16-18-9-14(12-5-2-1-3-6-12)19(16)10-13-7-4-8-21-13/h1-3,5-6,9,13H,4,7-8,10-11H2,(H2,17,20)/t13-/m0/s1. The van der Waals surface area contributed by atoms with Gasteiger partial charge in [-0.05, 0) is 18.4 Å². The van der Waals surface area contributed by atoms with E-state index in [1.165, 1.54) is 11.8 Å². The Morgan fingerprint density at radius 3 is 2.91 bits per heavy atom. The van der Waals surface area contributed by atoms with Crippen LogP contribution < -0.4 is 5.73 Å². The van der Waals surface area contributed by atoms with Gasteiger partial charge in [0, 0.05) is 6.61 Å². The first-order valence-corrected chi connectivity index (χ1v) is 8.36. The van der Waals surface area contributed by atoms with Gasteiger partial charge in [0.15, 0.2) is 5.16 Å². The number of carbonyl (C=O) groups excluding carboxylic acids is 1. The van der Waals surface area contributed by atoms with Crippen LogP contribution in [0.2, 0.25) is 0 Å². The molecule has 1 aromatic carbocycles. The lowest BCUT2D eigenvalue weighted by Crippen LogP contribution is -2.18. The molecule has 2 aromatic rings. The van der Waals surface area contributed by atoms with Gasteiger partial charge in [-0.25, -0.2) is 4.98 Å². The predicted octanol–water partition coefficient (Wildman–Crippen LogP) is 2.31. The van der Waals surface area contributed by atoms with E-state index in [0.29, 0.717) is 0 Å². The van der Waals surface area contributed by atoms with Gasteiger partial charge in [-0.1, -0.05) is 42.1 Å². The Kier molecular flexibility index (Phi) is 4.80. The van der Waals surface area contributed by atoms with Gasteiger partial charge in [0.25, 0.3) is 0 Å². The number of ether oxygens (including phenoxy) is 1. The molecule has 116 valence electrons. The Labute approximate surface area is 133 Å². The predicted molar refractivity (Wildman–Crippen MR) is 86.6 cm³/mol. The van der Waals surface area contributed by atoms with E-state index in [2.05, 4.69) is 21.7 Å². The maximum absolute atomic E-state index is 11.0. The first kappa shape index (κ1) is 15.1. The molecule has 1 aromatic heterocycles. The molecular weight excluding hydrogens is 298 g/mol. The van der Waals surface area contributed by atoms with Crippen LogP contribution >= 0.6 is 11.8 Å². The third-order valence-corrected chi connectivity index (χ3v) is 4.66. The summed E-state index contributed by atoms with van der Waals surface area (Å²) < 4.78 is 7.89. The number of hydrogen-bond acceptors (Lipinski definition) is 4. The number of rotatable bonds is 6. The number of amides is 1. The largest absolute Gasteiger partial charge is 0.376 e. The smallest absolute Gasteiger partial charge is 0.227 e. The van der Waals surface area contributed by atoms with Crippen molar-refractivity contribution in [3.63, 3.8) is 0 Å². The van der Waals surface area contributed by atoms with E-state index in [-0.39, 0.29) is 17.8 Å². The molecule has 2 N–H and O–H groups in total. The van der Waals surface area contributed by atoms with Gasteiger partial charge < -0.3 is 15.0 Å². The van der Waals surface area contributed by atoms with Crippen molar-refractivity contribution >= 4 is 17.7 Å². The Bertz CT molecular complexity index is 636. The van der Waals surface area contributed by atoms with Crippen molar-refractivity contribution in [2.24, 2.45) is 5.73 Å². The fraction of sp³-hybridized carbons (Fsp3) is 0.375. The molecule has 0 aliphatic carbocycles. The summed E-state index contributed by atoms with van der Waals surface area (Å²) in [5.74, 6) is -0.102. The number of carbonyl (C=O) groups is 1. The van der Waals surface area contributed by atoms with Crippen LogP contribution in [0.5, 0.6) is 0 Å². The van der Waals surface area contributed by atoms with Gasteiger partial charge >= 0.3 is 0 Å². The minimum Gasteiger partial charge on any atom is -0.376 e. The average Bonchev–Trinajstić information content (AvgIpc) is 3.16. The van der Waals surface area contributed by atoms with Crippen LogP contribution in [-0.4, -0.2) is 33.9 Å². The molecule has 2 heterocycles. The van der Waals surface area contributed by atoms with Crippen molar-refractivity contribution in [1.82, 2.24) is 9.55 Å². The molecule has 3 rings (SSSR count). The second-order valence-corrected chi connectivity index (χ2v) is 6.24. The minimum absolute atomic E-state index is 0.213. The van der Waals surface area contributed by atoms with Gasteiger partial charge in [-0.3, -0.25) is 4.79 Å². The topological polar surface area (TPSA) is 70.1 Å². The first-order chi connectivity index (χ1) is 10.7. The van der Waals surface area contributed by atoms with Crippen LogP contribution in [0.25, 0.3) is 11.3 Å². The molecule has 1 atom stereocenters. The van der Waals surface area contributed by atoms with Gasteiger partial charge in [0.05, 0.1) is 30.3 Å². The highest BCUT2D eigenvalue weighted by Crippen LogP contribution is 2.28. The Balaban J connectivity index is 1.89. The van der Waals surface area contributed by atoms with Gasteiger partial charge in [0.1, 0.15) is 0 Å². The molecule has 1 amide bonds. The molecule has 1 aliphatic heterocycles. The van der Waals surface area contributed by atoms with Crippen LogP contribution in [0.1, 0.15) is 12.8 Å². The Morgan fingerprint density at radius 2 is 2.23 bits per heavy atom. The molecule has 1 fully saturated rings. The number of aromatic nitrogens is 2. The van der Waals surface area contributed by atoms with E-state index >= 15 is 0 Å². The van der Waals surface area contributed by atoms with Crippen LogP contribution in [0.4, 0.5) is 0 Å². The van der Waals surface area contributed by atoms with Gasteiger partial charge in [-0.2, -0.15) is 0 Å². The van der Waals surface area contributed by atoms with Crippen LogP contribution in [-0.2, 0) is 16.1 Å². The average molecular weight is 317 g/mol. The zero-order valence-electron chi connectivity index (χ0n) is 12.3. The Hall–Kier alpha value is -1.79. The maximum Gasteiger partial charge on any atom is 0.227 e. The number of nitrogens with two attached hydrogens (primary N) is 1. The summed E-state index contributed by atoms with van der Waals surface area (Å²) in [5, 5.41) is 0.813. The SMILES string of the molecule is NC(=O)CSc1ncc(-c2ccccc2)n1C[C@@H]1CCCO1. The lowest BCUT2D eigenvalue weighted by atomic mass is 10.1. The highest BCUT2D eigenvalue weighted by atomic mass is 32.2. The van der Waals surface area contributed by atoms with Gasteiger partial charge in [0.2, 0.25) is 5.91 Å². The molecule has 0 saturated carbocycles. The normalized spacial score (nSPS) is 17.7. The van der Waals surface area contributed by atoms with E-state index < -0.39 is 0 Å². The third-order valence-electron chi connectivity index (χ3n) is 3.64. The number of thioether (sulfide) groups is 1. The molecule has 6 heteroatoms. The molecule has 0 radical (unpaired) electrons. The first-order valence-electron chi connectivity index (χ1n) is 7.37. The molecule has 1 aliphatic rings. The highest BCUT2D eigenvalue weighted by molar-refractivity contribution is 7.99. The lowest BCUT2D eigenvalue weighted by Gasteiger charge is -2.15. The van der Waals surface area contributed by atoms with E-state index in [0.717, 1.165) is 42.4 Å². The summed E-state index contributed by atoms with van der Waals surface area (Å²) in [4.78, 5) is 15.5. The van der Waals surface area contributed by atoms with E-state index in [1.807, 2.05) is 24.4 Å². The molecule has 22 heavy (non-hydrogen) atoms. The summed E-state index contributed by atoms with van der Waals surface area (Å²) in [6.45, 7) is 1.58. The van der Waals surface area contributed by atoms with Crippen molar-refractivity contribution in [2.45, 2.75) is 30.6 Å². The number of primary amides is 1. The lowest BCUT2D eigenvalue weighted by molar-refractivity contribution is -0.115. The van der Waals surface area contributed by atoms with Gasteiger partial charge in [-0.15, -0.1) is 0 Å². The van der Waals surface area contributed by atoms with Crippen LogP contribution in [0.15, 0.2) is 41.7 Å². The Morgan fingerprint density at radius 1 is 1.41 bits per heavy atom. The second-order valence-electron chi connectivity index (χ2n) is 5.29. The van der Waals surface area contributed by atoms with Crippen LogP contribution in [0.3, 0.4) is 0 Å². The quantitative estimate of drug-likeness (QED) is 0.830. The summed E-state index contributed by atoms with van der Waals surface area (Å²) in [5.41, 5.74) is 7.41. The number of hydrogen-bond donors (Lipinski definition) is 1. The highest BCUT2D eigenvalue weighted by Gasteiger charge is 2.20. The number of imidazole rings is 1. The summed E-state index contributed by atoms with van der Waals surface area (Å²) >= 11 is 1.38. The number of benzene rings is 1. The van der Waals surface area contributed by atoms with Crippen molar-refractivity contribution in [3.8, 4) is 11.3 Å². The fourth-order valence-electron chi connectivity index (χ4n) is 2.62. The third kappa shape index (κ3) is 3.51. The molecule has 5 nitrogen and oxygen atoms in total. The maximum atomic E-state index is 11.0. The molecule has 1 saturated heterocycles. The molecule has 0 unspecified atom stereocenters.